The molecule has 6 heteroatoms. The Kier molecular flexibility index (Phi) is 5.26. The molecule has 0 saturated carbocycles. The topological polar surface area (TPSA) is 66.9 Å². The monoisotopic (exact) mass is 332 g/mol. The molecule has 6 nitrogen and oxygen atoms in total. The van der Waals surface area contributed by atoms with Crippen LogP contribution in [0.5, 0.6) is 0 Å². The highest BCUT2D eigenvalue weighted by atomic mass is 16.5. The Morgan fingerprint density at radius 1 is 1.12 bits per heavy atom. The molecule has 0 aromatic heterocycles. The highest BCUT2D eigenvalue weighted by Gasteiger charge is 2.57. The van der Waals surface area contributed by atoms with Gasteiger partial charge in [0, 0.05) is 13.5 Å². The Balaban J connectivity index is 2.75. The van der Waals surface area contributed by atoms with Gasteiger partial charge in [0.25, 0.3) is 5.91 Å². The Bertz CT molecular complexity index is 658. The first-order chi connectivity index (χ1) is 11.4. The lowest BCUT2D eigenvalue weighted by molar-refractivity contribution is -0.154. The second-order valence-corrected chi connectivity index (χ2v) is 5.73. The van der Waals surface area contributed by atoms with Crippen LogP contribution in [-0.4, -0.2) is 36.5 Å². The van der Waals surface area contributed by atoms with E-state index in [0.717, 1.165) is 11.3 Å². The van der Waals surface area contributed by atoms with E-state index < -0.39 is 23.3 Å². The number of ether oxygens (including phenoxy) is 1. The minimum absolute atomic E-state index is 0.176. The van der Waals surface area contributed by atoms with Crippen molar-refractivity contribution in [3.8, 4) is 0 Å². The van der Waals surface area contributed by atoms with Gasteiger partial charge in [-0.05, 0) is 31.9 Å². The normalized spacial score (nSPS) is 19.9. The molecule has 1 aliphatic rings. The number of amides is 2. The lowest BCUT2D eigenvalue weighted by Gasteiger charge is -2.48. The fourth-order valence-corrected chi connectivity index (χ4v) is 3.28. The van der Waals surface area contributed by atoms with E-state index >= 15 is 0 Å². The van der Waals surface area contributed by atoms with E-state index in [0.29, 0.717) is 17.9 Å². The van der Waals surface area contributed by atoms with Gasteiger partial charge in [0.1, 0.15) is 0 Å². The van der Waals surface area contributed by atoms with Crippen LogP contribution in [0.15, 0.2) is 24.3 Å². The molecule has 1 aromatic carbocycles. The van der Waals surface area contributed by atoms with Crippen molar-refractivity contribution in [3.63, 3.8) is 0 Å². The summed E-state index contributed by atoms with van der Waals surface area (Å²) in [6, 6.07) is 7.16. The van der Waals surface area contributed by atoms with Crippen LogP contribution < -0.4 is 9.80 Å². The second-order valence-electron chi connectivity index (χ2n) is 5.73. The molecule has 0 spiro atoms. The summed E-state index contributed by atoms with van der Waals surface area (Å²) in [5.41, 5.74) is -0.299. The quantitative estimate of drug-likeness (QED) is 0.612. The minimum atomic E-state index is -1.51. The maximum Gasteiger partial charge on any atom is 0.341 e. The van der Waals surface area contributed by atoms with E-state index in [2.05, 4.69) is 0 Å². The lowest BCUT2D eigenvalue weighted by atomic mass is 9.87. The number of rotatable bonds is 5. The molecule has 0 bridgehead atoms. The molecule has 0 fully saturated rings. The summed E-state index contributed by atoms with van der Waals surface area (Å²) in [7, 11) is 0. The smallest absolute Gasteiger partial charge is 0.341 e. The number of carbonyl (C=O) groups excluding carboxylic acids is 3. The van der Waals surface area contributed by atoms with Crippen LogP contribution in [0.25, 0.3) is 0 Å². The summed E-state index contributed by atoms with van der Waals surface area (Å²) >= 11 is 0. The molecule has 0 saturated heterocycles. The molecule has 1 atom stereocenters. The van der Waals surface area contributed by atoms with E-state index in [-0.39, 0.29) is 13.0 Å². The summed E-state index contributed by atoms with van der Waals surface area (Å²) in [4.78, 5) is 41.1. The van der Waals surface area contributed by atoms with Gasteiger partial charge in [0.2, 0.25) is 11.4 Å². The Morgan fingerprint density at radius 2 is 1.75 bits per heavy atom. The van der Waals surface area contributed by atoms with Gasteiger partial charge in [-0.1, -0.05) is 26.0 Å². The molecule has 1 heterocycles. The van der Waals surface area contributed by atoms with Crippen molar-refractivity contribution < 1.29 is 19.1 Å². The average Bonchev–Trinajstić information content (AvgIpc) is 2.55. The van der Waals surface area contributed by atoms with Crippen LogP contribution in [0.1, 0.15) is 40.5 Å². The van der Waals surface area contributed by atoms with Crippen molar-refractivity contribution in [2.75, 3.05) is 23.0 Å². The number of nitrogens with zero attached hydrogens (tertiary/aromatic N) is 2. The number of fused-ring (bicyclic) bond motifs is 1. The van der Waals surface area contributed by atoms with Crippen LogP contribution in [0.4, 0.5) is 11.4 Å². The molecule has 1 unspecified atom stereocenters. The molecule has 130 valence electrons. The summed E-state index contributed by atoms with van der Waals surface area (Å²) in [5.74, 6) is -1.56. The zero-order chi connectivity index (χ0) is 17.9. The number of carbonyl (C=O) groups is 3. The van der Waals surface area contributed by atoms with Crippen LogP contribution in [-0.2, 0) is 19.1 Å². The Morgan fingerprint density at radius 3 is 2.25 bits per heavy atom. The van der Waals surface area contributed by atoms with Crippen LogP contribution in [0.2, 0.25) is 0 Å². The average molecular weight is 332 g/mol. The van der Waals surface area contributed by atoms with E-state index in [9.17, 15) is 14.4 Å². The van der Waals surface area contributed by atoms with Crippen molar-refractivity contribution >= 4 is 29.2 Å². The van der Waals surface area contributed by atoms with Crippen molar-refractivity contribution in [1.82, 2.24) is 0 Å². The van der Waals surface area contributed by atoms with Gasteiger partial charge in [0.05, 0.1) is 18.0 Å². The number of hydrogen-bond acceptors (Lipinski definition) is 5. The zero-order valence-corrected chi connectivity index (χ0v) is 14.7. The van der Waals surface area contributed by atoms with Gasteiger partial charge < -0.3 is 9.64 Å². The van der Waals surface area contributed by atoms with Gasteiger partial charge in [-0.2, -0.15) is 0 Å². The fourth-order valence-electron chi connectivity index (χ4n) is 3.28. The number of anilines is 2. The van der Waals surface area contributed by atoms with Crippen LogP contribution >= 0.6 is 0 Å². The number of esters is 1. The number of hydrogen-bond donors (Lipinski definition) is 0. The molecule has 2 amide bonds. The second kappa shape index (κ2) is 7.03. The number of imide groups is 1. The highest BCUT2D eigenvalue weighted by molar-refractivity contribution is 6.28. The van der Waals surface area contributed by atoms with Gasteiger partial charge >= 0.3 is 5.97 Å². The lowest BCUT2D eigenvalue weighted by Crippen LogP contribution is -2.68. The van der Waals surface area contributed by atoms with Crippen molar-refractivity contribution in [2.45, 2.75) is 46.1 Å². The van der Waals surface area contributed by atoms with E-state index in [1.54, 1.807) is 30.9 Å². The zero-order valence-electron chi connectivity index (χ0n) is 14.7. The largest absolute Gasteiger partial charge is 0.464 e. The van der Waals surface area contributed by atoms with Gasteiger partial charge in [-0.15, -0.1) is 0 Å². The van der Waals surface area contributed by atoms with Gasteiger partial charge in [-0.25, -0.2) is 9.69 Å². The molecule has 1 aliphatic heterocycles. The summed E-state index contributed by atoms with van der Waals surface area (Å²) in [6.07, 6.45) is 0.978. The standard InChI is InChI=1S/C18H24N2O4/c1-5-12-19-14-10-8-9-11-15(14)20(13(4)21)16(22)18(19,6-2)17(23)24-7-3/h8-11H,5-7,12H2,1-4H3. The van der Waals surface area contributed by atoms with Crippen LogP contribution in [0, 0.1) is 0 Å². The first kappa shape index (κ1) is 18.0. The third-order valence-corrected chi connectivity index (χ3v) is 4.32. The predicted molar refractivity (Wildman–Crippen MR) is 91.9 cm³/mol. The summed E-state index contributed by atoms with van der Waals surface area (Å²) in [5, 5.41) is 0. The van der Waals surface area contributed by atoms with Gasteiger partial charge in [-0.3, -0.25) is 9.59 Å². The molecular weight excluding hydrogens is 308 g/mol. The van der Waals surface area contributed by atoms with E-state index in [1.807, 2.05) is 19.1 Å². The van der Waals surface area contributed by atoms with Crippen LogP contribution in [0.3, 0.4) is 0 Å². The summed E-state index contributed by atoms with van der Waals surface area (Å²) in [6.45, 7) is 7.47. The third-order valence-electron chi connectivity index (χ3n) is 4.32. The number of benzene rings is 1. The Hall–Kier alpha value is -2.37. The first-order valence-electron chi connectivity index (χ1n) is 8.34. The highest BCUT2D eigenvalue weighted by Crippen LogP contribution is 2.42. The molecule has 24 heavy (non-hydrogen) atoms. The van der Waals surface area contributed by atoms with Crippen molar-refractivity contribution in [1.29, 1.82) is 0 Å². The molecule has 1 aromatic rings. The number of para-hydroxylation sites is 2. The van der Waals surface area contributed by atoms with Gasteiger partial charge in [0.15, 0.2) is 0 Å². The molecule has 0 aliphatic carbocycles. The maximum absolute atomic E-state index is 13.2. The molecule has 0 radical (unpaired) electrons. The van der Waals surface area contributed by atoms with Crippen molar-refractivity contribution in [2.24, 2.45) is 0 Å². The molecular formula is C18H24N2O4. The first-order valence-corrected chi connectivity index (χ1v) is 8.34. The SMILES string of the molecule is CCCN1c2ccccc2N(C(C)=O)C(=O)C1(CC)C(=O)OCC. The van der Waals surface area contributed by atoms with Crippen molar-refractivity contribution in [3.05, 3.63) is 24.3 Å². The fraction of sp³-hybridized carbons (Fsp3) is 0.500. The summed E-state index contributed by atoms with van der Waals surface area (Å²) < 4.78 is 5.23. The van der Waals surface area contributed by atoms with E-state index in [1.165, 1.54) is 6.92 Å². The third kappa shape index (κ3) is 2.56. The Labute approximate surface area is 142 Å². The molecule has 2 rings (SSSR count). The van der Waals surface area contributed by atoms with E-state index in [4.69, 9.17) is 4.74 Å². The predicted octanol–water partition coefficient (Wildman–Crippen LogP) is 2.51. The maximum atomic E-state index is 13.2. The molecule has 0 N–H and O–H groups in total. The minimum Gasteiger partial charge on any atom is -0.464 e.